The van der Waals surface area contributed by atoms with Gasteiger partial charge in [0, 0.05) is 6.42 Å². The summed E-state index contributed by atoms with van der Waals surface area (Å²) in [4.78, 5) is 11.3. The molecule has 80 valence electrons. The fraction of sp³-hybridized carbons (Fsp3) is 0.700. The summed E-state index contributed by atoms with van der Waals surface area (Å²) in [5.41, 5.74) is 0. The molecule has 0 N–H and O–H groups in total. The summed E-state index contributed by atoms with van der Waals surface area (Å²) in [6.45, 7) is 4.55. The van der Waals surface area contributed by atoms with Gasteiger partial charge in [0.15, 0.2) is 6.29 Å². The van der Waals surface area contributed by atoms with E-state index < -0.39 is 5.97 Å². The van der Waals surface area contributed by atoms with Crippen LogP contribution in [0.3, 0.4) is 0 Å². The van der Waals surface area contributed by atoms with Crippen LogP contribution < -0.4 is 0 Å². The maximum Gasteiger partial charge on any atom is 0.373 e. The van der Waals surface area contributed by atoms with Crippen LogP contribution in [-0.4, -0.2) is 25.5 Å². The Morgan fingerprint density at radius 1 is 1.64 bits per heavy atom. The molecule has 0 bridgehead atoms. The van der Waals surface area contributed by atoms with E-state index in [0.717, 1.165) is 12.8 Å². The summed E-state index contributed by atoms with van der Waals surface area (Å²) in [7, 11) is 0. The SMILES string of the molecule is C/C=C(/O[C@@H]1CCCO1)C(=O)OCC. The van der Waals surface area contributed by atoms with Crippen molar-refractivity contribution in [2.45, 2.75) is 33.0 Å². The highest BCUT2D eigenvalue weighted by Gasteiger charge is 2.21. The molecule has 0 radical (unpaired) electrons. The van der Waals surface area contributed by atoms with Crippen LogP contribution in [0, 0.1) is 0 Å². The molecule has 1 aliphatic heterocycles. The lowest BCUT2D eigenvalue weighted by Crippen LogP contribution is -2.17. The third kappa shape index (κ3) is 3.03. The van der Waals surface area contributed by atoms with E-state index in [9.17, 15) is 4.79 Å². The first-order chi connectivity index (χ1) is 6.77. The van der Waals surface area contributed by atoms with Gasteiger partial charge in [-0.05, 0) is 26.3 Å². The molecule has 1 atom stereocenters. The van der Waals surface area contributed by atoms with Crippen molar-refractivity contribution in [3.05, 3.63) is 11.8 Å². The number of allylic oxidation sites excluding steroid dienone is 1. The highest BCUT2D eigenvalue weighted by Crippen LogP contribution is 2.17. The maximum absolute atomic E-state index is 11.3. The molecule has 0 aliphatic carbocycles. The van der Waals surface area contributed by atoms with Crippen molar-refractivity contribution in [1.82, 2.24) is 0 Å². The molecule has 0 aromatic heterocycles. The molecule has 0 aromatic rings. The van der Waals surface area contributed by atoms with Gasteiger partial charge in [0.05, 0.1) is 13.2 Å². The van der Waals surface area contributed by atoms with E-state index in [-0.39, 0.29) is 12.0 Å². The first-order valence-electron chi connectivity index (χ1n) is 4.89. The Balaban J connectivity index is 2.42. The number of rotatable bonds is 4. The molecule has 0 aromatic carbocycles. The number of hydrogen-bond acceptors (Lipinski definition) is 4. The molecule has 4 nitrogen and oxygen atoms in total. The molecule has 0 unspecified atom stereocenters. The Bertz CT molecular complexity index is 216. The maximum atomic E-state index is 11.3. The van der Waals surface area contributed by atoms with Crippen molar-refractivity contribution < 1.29 is 19.0 Å². The van der Waals surface area contributed by atoms with Crippen molar-refractivity contribution in [3.8, 4) is 0 Å². The fourth-order valence-electron chi connectivity index (χ4n) is 1.22. The second kappa shape index (κ2) is 5.65. The summed E-state index contributed by atoms with van der Waals surface area (Å²) in [5.74, 6) is -0.191. The fourth-order valence-corrected chi connectivity index (χ4v) is 1.22. The zero-order valence-electron chi connectivity index (χ0n) is 8.62. The Kier molecular flexibility index (Phi) is 4.46. The number of carbonyl (C=O) groups is 1. The Morgan fingerprint density at radius 3 is 2.93 bits per heavy atom. The van der Waals surface area contributed by atoms with Crippen LogP contribution in [0.25, 0.3) is 0 Å². The van der Waals surface area contributed by atoms with Crippen molar-refractivity contribution in [1.29, 1.82) is 0 Å². The van der Waals surface area contributed by atoms with Crippen LogP contribution in [0.1, 0.15) is 26.7 Å². The molecule has 1 saturated heterocycles. The molecular weight excluding hydrogens is 184 g/mol. The molecule has 4 heteroatoms. The van der Waals surface area contributed by atoms with E-state index in [4.69, 9.17) is 14.2 Å². The van der Waals surface area contributed by atoms with Crippen LogP contribution in [0.15, 0.2) is 11.8 Å². The Labute approximate surface area is 83.8 Å². The van der Waals surface area contributed by atoms with E-state index in [1.165, 1.54) is 0 Å². The number of esters is 1. The number of ether oxygens (including phenoxy) is 3. The van der Waals surface area contributed by atoms with Crippen molar-refractivity contribution in [3.63, 3.8) is 0 Å². The van der Waals surface area contributed by atoms with E-state index in [1.807, 2.05) is 0 Å². The Morgan fingerprint density at radius 2 is 2.43 bits per heavy atom. The van der Waals surface area contributed by atoms with Crippen molar-refractivity contribution in [2.75, 3.05) is 13.2 Å². The quantitative estimate of drug-likeness (QED) is 0.393. The van der Waals surface area contributed by atoms with E-state index >= 15 is 0 Å². The van der Waals surface area contributed by atoms with Gasteiger partial charge in [-0.3, -0.25) is 0 Å². The molecule has 0 spiro atoms. The first-order valence-corrected chi connectivity index (χ1v) is 4.89. The van der Waals surface area contributed by atoms with Gasteiger partial charge in [0.1, 0.15) is 0 Å². The molecular formula is C10H16O4. The molecule has 0 amide bonds. The second-order valence-corrected chi connectivity index (χ2v) is 2.93. The van der Waals surface area contributed by atoms with Gasteiger partial charge in [0.25, 0.3) is 0 Å². The summed E-state index contributed by atoms with van der Waals surface area (Å²) < 4.78 is 15.4. The standard InChI is InChI=1S/C10H16O4/c1-3-8(10(11)12-4-2)14-9-6-5-7-13-9/h3,9H,4-7H2,1-2H3/b8-3+/t9-/m1/s1. The van der Waals surface area contributed by atoms with Crippen molar-refractivity contribution >= 4 is 5.97 Å². The first kappa shape index (κ1) is 11.0. The van der Waals surface area contributed by atoms with Gasteiger partial charge in [0.2, 0.25) is 5.76 Å². The van der Waals surface area contributed by atoms with Gasteiger partial charge in [-0.15, -0.1) is 0 Å². The largest absolute Gasteiger partial charge is 0.460 e. The summed E-state index contributed by atoms with van der Waals surface area (Å²) >= 11 is 0. The van der Waals surface area contributed by atoms with Crippen molar-refractivity contribution in [2.24, 2.45) is 0 Å². The minimum atomic E-state index is -0.425. The van der Waals surface area contributed by atoms with Crippen LogP contribution in [0.5, 0.6) is 0 Å². The molecule has 14 heavy (non-hydrogen) atoms. The average Bonchev–Trinajstić information content (AvgIpc) is 2.66. The predicted octanol–water partition coefficient (Wildman–Crippen LogP) is 1.61. The molecule has 1 heterocycles. The normalized spacial score (nSPS) is 22.1. The minimum Gasteiger partial charge on any atom is -0.460 e. The zero-order chi connectivity index (χ0) is 10.4. The monoisotopic (exact) mass is 200 g/mol. The molecule has 1 rings (SSSR count). The lowest BCUT2D eigenvalue weighted by molar-refractivity contribution is -0.150. The van der Waals surface area contributed by atoms with Crippen LogP contribution in [0.4, 0.5) is 0 Å². The van der Waals surface area contributed by atoms with Gasteiger partial charge >= 0.3 is 5.97 Å². The van der Waals surface area contributed by atoms with Crippen LogP contribution >= 0.6 is 0 Å². The molecule has 1 aliphatic rings. The van der Waals surface area contributed by atoms with Gasteiger partial charge in [-0.1, -0.05) is 0 Å². The lowest BCUT2D eigenvalue weighted by atomic mass is 10.3. The van der Waals surface area contributed by atoms with Gasteiger partial charge in [-0.25, -0.2) is 4.79 Å². The highest BCUT2D eigenvalue weighted by molar-refractivity contribution is 5.86. The molecule has 0 saturated carbocycles. The smallest absolute Gasteiger partial charge is 0.373 e. The summed E-state index contributed by atoms with van der Waals surface area (Å²) in [5, 5.41) is 0. The van der Waals surface area contributed by atoms with Gasteiger partial charge < -0.3 is 14.2 Å². The van der Waals surface area contributed by atoms with Crippen LogP contribution in [-0.2, 0) is 19.0 Å². The average molecular weight is 200 g/mol. The van der Waals surface area contributed by atoms with E-state index in [1.54, 1.807) is 19.9 Å². The lowest BCUT2D eigenvalue weighted by Gasteiger charge is -2.14. The number of hydrogen-bond donors (Lipinski definition) is 0. The third-order valence-corrected chi connectivity index (χ3v) is 1.89. The van der Waals surface area contributed by atoms with E-state index in [2.05, 4.69) is 0 Å². The summed E-state index contributed by atoms with van der Waals surface area (Å²) in [6.07, 6.45) is 3.12. The van der Waals surface area contributed by atoms with E-state index in [0.29, 0.717) is 13.2 Å². The number of carbonyl (C=O) groups excluding carboxylic acids is 1. The van der Waals surface area contributed by atoms with Gasteiger partial charge in [-0.2, -0.15) is 0 Å². The summed E-state index contributed by atoms with van der Waals surface area (Å²) in [6, 6.07) is 0. The third-order valence-electron chi connectivity index (χ3n) is 1.89. The zero-order valence-corrected chi connectivity index (χ0v) is 8.62. The molecule has 1 fully saturated rings. The predicted molar refractivity (Wildman–Crippen MR) is 50.4 cm³/mol. The topological polar surface area (TPSA) is 44.8 Å². The Hall–Kier alpha value is -1.03. The second-order valence-electron chi connectivity index (χ2n) is 2.93. The van der Waals surface area contributed by atoms with Crippen LogP contribution in [0.2, 0.25) is 0 Å². The minimum absolute atomic E-state index is 0.235. The highest BCUT2D eigenvalue weighted by atomic mass is 16.7.